The van der Waals surface area contributed by atoms with Crippen LogP contribution in [0.2, 0.25) is 0 Å². The maximum atomic E-state index is 13.2. The quantitative estimate of drug-likeness (QED) is 0.732. The Hall–Kier alpha value is -1.64. The molecule has 2 aromatic rings. The summed E-state index contributed by atoms with van der Waals surface area (Å²) in [5.74, 6) is 0.921. The molecule has 2 nitrogen and oxygen atoms in total. The van der Waals surface area contributed by atoms with E-state index in [0.717, 1.165) is 23.5 Å². The van der Waals surface area contributed by atoms with E-state index in [1.54, 1.807) is 12.1 Å². The van der Waals surface area contributed by atoms with Gasteiger partial charge in [-0.25, -0.2) is 9.37 Å². The van der Waals surface area contributed by atoms with Crippen LogP contribution in [0.5, 0.6) is 0 Å². The first-order chi connectivity index (χ1) is 8.24. The molecule has 1 aromatic carbocycles. The molecule has 0 saturated heterocycles. The van der Waals surface area contributed by atoms with Crippen LogP contribution in [0.4, 0.5) is 4.39 Å². The minimum Gasteiger partial charge on any atom is -0.331 e. The Morgan fingerprint density at radius 1 is 1.41 bits per heavy atom. The fourth-order valence-corrected chi connectivity index (χ4v) is 2.48. The molecular weight excluding hydrogens is 215 g/mol. The van der Waals surface area contributed by atoms with Crippen LogP contribution in [0.3, 0.4) is 0 Å². The van der Waals surface area contributed by atoms with E-state index < -0.39 is 0 Å². The van der Waals surface area contributed by atoms with Crippen molar-refractivity contribution in [2.75, 3.05) is 0 Å². The lowest BCUT2D eigenvalue weighted by molar-refractivity contribution is 0.426. The van der Waals surface area contributed by atoms with Crippen LogP contribution in [-0.4, -0.2) is 9.55 Å². The third-order valence-corrected chi connectivity index (χ3v) is 3.43. The highest BCUT2D eigenvalue weighted by atomic mass is 19.1. The van der Waals surface area contributed by atoms with Gasteiger partial charge < -0.3 is 4.57 Å². The van der Waals surface area contributed by atoms with Crippen molar-refractivity contribution in [3.05, 3.63) is 42.1 Å². The summed E-state index contributed by atoms with van der Waals surface area (Å²) in [5.41, 5.74) is 1.74. The van der Waals surface area contributed by atoms with Crippen LogP contribution in [0.1, 0.15) is 31.6 Å². The molecule has 0 aliphatic carbocycles. The predicted molar refractivity (Wildman–Crippen MR) is 65.3 cm³/mol. The van der Waals surface area contributed by atoms with Gasteiger partial charge in [-0.05, 0) is 31.9 Å². The highest BCUT2D eigenvalue weighted by Gasteiger charge is 2.18. The topological polar surface area (TPSA) is 17.8 Å². The predicted octanol–water partition coefficient (Wildman–Crippen LogP) is 3.59. The lowest BCUT2D eigenvalue weighted by Gasteiger charge is -2.20. The third-order valence-electron chi connectivity index (χ3n) is 3.43. The second-order valence-corrected chi connectivity index (χ2v) is 4.70. The number of benzene rings is 1. The molecule has 0 radical (unpaired) electrons. The second kappa shape index (κ2) is 3.99. The Balaban J connectivity index is 2.05. The molecule has 1 atom stereocenters. The van der Waals surface area contributed by atoms with Crippen LogP contribution in [0, 0.1) is 5.82 Å². The van der Waals surface area contributed by atoms with Crippen molar-refractivity contribution in [1.82, 2.24) is 9.55 Å². The number of nitrogens with zero attached hydrogens (tertiary/aromatic N) is 2. The molecule has 0 amide bonds. The number of aromatic nitrogens is 2. The molecule has 0 saturated carbocycles. The molecule has 0 fully saturated rings. The highest BCUT2D eigenvalue weighted by molar-refractivity contribution is 5.58. The summed E-state index contributed by atoms with van der Waals surface area (Å²) in [6.07, 6.45) is 5.47. The van der Waals surface area contributed by atoms with Gasteiger partial charge in [0.25, 0.3) is 0 Å². The van der Waals surface area contributed by atoms with Crippen molar-refractivity contribution in [1.29, 1.82) is 0 Å². The summed E-state index contributed by atoms with van der Waals surface area (Å²) < 4.78 is 15.4. The maximum Gasteiger partial charge on any atom is 0.123 e. The summed E-state index contributed by atoms with van der Waals surface area (Å²) in [6, 6.07) is 7.14. The van der Waals surface area contributed by atoms with Gasteiger partial charge in [0.15, 0.2) is 0 Å². The van der Waals surface area contributed by atoms with E-state index in [2.05, 4.69) is 16.5 Å². The number of aryl methyl sites for hydroxylation is 1. The van der Waals surface area contributed by atoms with Crippen molar-refractivity contribution in [2.45, 2.75) is 32.2 Å². The first-order valence-corrected chi connectivity index (χ1v) is 6.08. The molecule has 3 heteroatoms. The molecule has 0 spiro atoms. The average molecular weight is 230 g/mol. The largest absolute Gasteiger partial charge is 0.331 e. The molecule has 1 aliphatic heterocycles. The zero-order valence-corrected chi connectivity index (χ0v) is 9.86. The fraction of sp³-hybridized carbons (Fsp3) is 0.357. The smallest absolute Gasteiger partial charge is 0.123 e. The summed E-state index contributed by atoms with van der Waals surface area (Å²) in [7, 11) is 0. The molecule has 1 aliphatic rings. The van der Waals surface area contributed by atoms with Gasteiger partial charge in [0, 0.05) is 24.2 Å². The molecule has 1 aromatic heterocycles. The van der Waals surface area contributed by atoms with Gasteiger partial charge in [0.1, 0.15) is 11.6 Å². The van der Waals surface area contributed by atoms with Crippen LogP contribution in [0.15, 0.2) is 30.5 Å². The number of rotatable bonds is 1. The molecule has 0 unspecified atom stereocenters. The van der Waals surface area contributed by atoms with Gasteiger partial charge in [0.2, 0.25) is 0 Å². The summed E-state index contributed by atoms with van der Waals surface area (Å²) in [6.45, 7) is 2.21. The molecule has 0 N–H and O–H groups in total. The van der Waals surface area contributed by atoms with E-state index in [1.165, 1.54) is 18.9 Å². The van der Waals surface area contributed by atoms with Crippen molar-refractivity contribution in [3.8, 4) is 11.3 Å². The van der Waals surface area contributed by atoms with Crippen LogP contribution < -0.4 is 0 Å². The van der Waals surface area contributed by atoms with E-state index in [-0.39, 0.29) is 5.82 Å². The van der Waals surface area contributed by atoms with Crippen LogP contribution >= 0.6 is 0 Å². The summed E-state index contributed by atoms with van der Waals surface area (Å²) in [5, 5.41) is 0. The molecule has 0 bridgehead atoms. The Bertz CT molecular complexity index is 545. The SMILES string of the molecule is C[C@H]1CCCc2nc(-c3cccc(F)c3)cn21. The van der Waals surface area contributed by atoms with Crippen LogP contribution in [-0.2, 0) is 6.42 Å². The second-order valence-electron chi connectivity index (χ2n) is 4.70. The van der Waals surface area contributed by atoms with Crippen molar-refractivity contribution in [3.63, 3.8) is 0 Å². The number of halogens is 1. The first kappa shape index (κ1) is 10.5. The Morgan fingerprint density at radius 3 is 3.06 bits per heavy atom. The summed E-state index contributed by atoms with van der Waals surface area (Å²) in [4.78, 5) is 4.61. The Morgan fingerprint density at radius 2 is 2.29 bits per heavy atom. The number of hydrogen-bond donors (Lipinski definition) is 0. The first-order valence-electron chi connectivity index (χ1n) is 6.08. The van der Waals surface area contributed by atoms with E-state index in [1.807, 2.05) is 12.3 Å². The van der Waals surface area contributed by atoms with Crippen molar-refractivity contribution >= 4 is 0 Å². The number of fused-ring (bicyclic) bond motifs is 1. The summed E-state index contributed by atoms with van der Waals surface area (Å²) >= 11 is 0. The molecular formula is C14H15FN2. The Labute approximate surface area is 100 Å². The lowest BCUT2D eigenvalue weighted by Crippen LogP contribution is -2.14. The lowest BCUT2D eigenvalue weighted by atomic mass is 10.1. The molecule has 88 valence electrons. The normalized spacial score (nSPS) is 19.1. The minimum atomic E-state index is -0.207. The maximum absolute atomic E-state index is 13.2. The van der Waals surface area contributed by atoms with Crippen LogP contribution in [0.25, 0.3) is 11.3 Å². The fourth-order valence-electron chi connectivity index (χ4n) is 2.48. The number of imidazole rings is 1. The van der Waals surface area contributed by atoms with E-state index in [0.29, 0.717) is 6.04 Å². The Kier molecular flexibility index (Phi) is 2.46. The van der Waals surface area contributed by atoms with E-state index in [9.17, 15) is 4.39 Å². The van der Waals surface area contributed by atoms with Gasteiger partial charge in [0.05, 0.1) is 5.69 Å². The van der Waals surface area contributed by atoms with Gasteiger partial charge >= 0.3 is 0 Å². The van der Waals surface area contributed by atoms with Gasteiger partial charge in [-0.1, -0.05) is 12.1 Å². The standard InChI is InChI=1S/C14H15FN2/c1-10-4-2-7-14-16-13(9-17(10)14)11-5-3-6-12(15)8-11/h3,5-6,8-10H,2,4,7H2,1H3/t10-/m0/s1. The highest BCUT2D eigenvalue weighted by Crippen LogP contribution is 2.28. The molecule has 3 rings (SSSR count). The zero-order valence-electron chi connectivity index (χ0n) is 9.86. The monoisotopic (exact) mass is 230 g/mol. The van der Waals surface area contributed by atoms with Gasteiger partial charge in [-0.3, -0.25) is 0 Å². The van der Waals surface area contributed by atoms with Crippen molar-refractivity contribution < 1.29 is 4.39 Å². The average Bonchev–Trinajstić information content (AvgIpc) is 2.74. The van der Waals surface area contributed by atoms with E-state index >= 15 is 0 Å². The third kappa shape index (κ3) is 1.86. The van der Waals surface area contributed by atoms with Crippen molar-refractivity contribution in [2.24, 2.45) is 0 Å². The minimum absolute atomic E-state index is 0.207. The molecule has 17 heavy (non-hydrogen) atoms. The van der Waals surface area contributed by atoms with E-state index in [4.69, 9.17) is 0 Å². The number of hydrogen-bond acceptors (Lipinski definition) is 1. The van der Waals surface area contributed by atoms with Gasteiger partial charge in [-0.15, -0.1) is 0 Å². The zero-order chi connectivity index (χ0) is 11.8. The van der Waals surface area contributed by atoms with Gasteiger partial charge in [-0.2, -0.15) is 0 Å². The molecule has 2 heterocycles.